The lowest BCUT2D eigenvalue weighted by Crippen LogP contribution is -2.43. The molecule has 1 fully saturated rings. The number of rotatable bonds is 9. The van der Waals surface area contributed by atoms with Crippen LogP contribution in [0, 0.1) is 0 Å². The molecule has 2 heterocycles. The van der Waals surface area contributed by atoms with E-state index in [9.17, 15) is 0 Å². The van der Waals surface area contributed by atoms with Crippen molar-refractivity contribution in [3.05, 3.63) is 71.6 Å². The highest BCUT2D eigenvalue weighted by atomic mass is 16.5. The molecule has 1 aromatic heterocycles. The fourth-order valence-corrected chi connectivity index (χ4v) is 4.08. The predicted octanol–water partition coefficient (Wildman–Crippen LogP) is 3.70. The van der Waals surface area contributed by atoms with E-state index in [0.717, 1.165) is 49.7 Å². The summed E-state index contributed by atoms with van der Waals surface area (Å²) in [6.45, 7) is 6.50. The Hall–Kier alpha value is -3.03. The highest BCUT2D eigenvalue weighted by Gasteiger charge is 2.19. The van der Waals surface area contributed by atoms with Gasteiger partial charge in [-0.05, 0) is 42.4 Å². The van der Waals surface area contributed by atoms with Crippen molar-refractivity contribution in [1.82, 2.24) is 14.8 Å². The Labute approximate surface area is 197 Å². The number of likely N-dealkylation sites (N-methyl/N-ethyl adjacent to an activating group) is 1. The molecular formula is C26H35N5O2. The zero-order valence-electron chi connectivity index (χ0n) is 20.2. The Morgan fingerprint density at radius 1 is 0.970 bits per heavy atom. The lowest BCUT2D eigenvalue weighted by atomic mass is 10.1. The van der Waals surface area contributed by atoms with Gasteiger partial charge in [0, 0.05) is 65.6 Å². The van der Waals surface area contributed by atoms with Crippen molar-refractivity contribution in [1.29, 1.82) is 0 Å². The smallest absolute Gasteiger partial charge is 0.298 e. The molecule has 0 atom stereocenters. The molecule has 7 heteroatoms. The van der Waals surface area contributed by atoms with Crippen LogP contribution in [0.4, 0.5) is 11.7 Å². The Balaban J connectivity index is 1.54. The van der Waals surface area contributed by atoms with Gasteiger partial charge in [-0.1, -0.05) is 24.3 Å². The molecule has 1 aliphatic rings. The van der Waals surface area contributed by atoms with E-state index in [-0.39, 0.29) is 0 Å². The second-order valence-electron chi connectivity index (χ2n) is 8.97. The molecule has 0 unspecified atom stereocenters. The monoisotopic (exact) mass is 449 g/mol. The van der Waals surface area contributed by atoms with Gasteiger partial charge in [-0.25, -0.2) is 0 Å². The third-order valence-electron chi connectivity index (χ3n) is 6.10. The first-order valence-corrected chi connectivity index (χ1v) is 11.5. The molecule has 0 bridgehead atoms. The van der Waals surface area contributed by atoms with Crippen molar-refractivity contribution in [2.75, 3.05) is 64.2 Å². The lowest BCUT2D eigenvalue weighted by Gasteiger charge is -2.31. The van der Waals surface area contributed by atoms with Crippen LogP contribution < -0.4 is 14.5 Å². The van der Waals surface area contributed by atoms with Crippen molar-refractivity contribution in [3.63, 3.8) is 0 Å². The van der Waals surface area contributed by atoms with E-state index in [2.05, 4.69) is 77.1 Å². The Morgan fingerprint density at radius 2 is 1.67 bits per heavy atom. The van der Waals surface area contributed by atoms with E-state index in [1.165, 1.54) is 11.3 Å². The number of oxazole rings is 1. The SMILES string of the molecule is COc1cccc(CN(Cc2cccc(N(C)C)c2)c2nc(CN3CCN(C)CC3)co2)c1. The molecule has 0 N–H and O–H groups in total. The van der Waals surface area contributed by atoms with Crippen LogP contribution in [0.25, 0.3) is 0 Å². The van der Waals surface area contributed by atoms with E-state index in [1.807, 2.05) is 18.4 Å². The fourth-order valence-electron chi connectivity index (χ4n) is 4.08. The maximum atomic E-state index is 6.00. The number of aromatic nitrogens is 1. The molecule has 1 aliphatic heterocycles. The van der Waals surface area contributed by atoms with Crippen LogP contribution in [0.1, 0.15) is 16.8 Å². The summed E-state index contributed by atoms with van der Waals surface area (Å²) in [6.07, 6.45) is 1.81. The molecule has 33 heavy (non-hydrogen) atoms. The minimum absolute atomic E-state index is 0.650. The van der Waals surface area contributed by atoms with E-state index < -0.39 is 0 Å². The first-order valence-electron chi connectivity index (χ1n) is 11.5. The van der Waals surface area contributed by atoms with Crippen molar-refractivity contribution < 1.29 is 9.15 Å². The van der Waals surface area contributed by atoms with Crippen LogP contribution in [-0.4, -0.2) is 69.2 Å². The average Bonchev–Trinajstić information content (AvgIpc) is 3.29. The summed E-state index contributed by atoms with van der Waals surface area (Å²) >= 11 is 0. The highest BCUT2D eigenvalue weighted by molar-refractivity contribution is 5.48. The van der Waals surface area contributed by atoms with E-state index in [0.29, 0.717) is 19.1 Å². The molecule has 0 radical (unpaired) electrons. The zero-order valence-corrected chi connectivity index (χ0v) is 20.2. The van der Waals surface area contributed by atoms with Gasteiger partial charge in [0.1, 0.15) is 12.0 Å². The number of methoxy groups -OCH3 is 1. The summed E-state index contributed by atoms with van der Waals surface area (Å²) in [5.74, 6) is 0.852. The van der Waals surface area contributed by atoms with Crippen LogP contribution >= 0.6 is 0 Å². The van der Waals surface area contributed by atoms with Crippen molar-refractivity contribution in [2.45, 2.75) is 19.6 Å². The second-order valence-corrected chi connectivity index (χ2v) is 8.97. The highest BCUT2D eigenvalue weighted by Crippen LogP contribution is 2.24. The minimum Gasteiger partial charge on any atom is -0.497 e. The van der Waals surface area contributed by atoms with Gasteiger partial charge in [0.25, 0.3) is 6.01 Å². The van der Waals surface area contributed by atoms with Crippen LogP contribution in [-0.2, 0) is 19.6 Å². The molecular weight excluding hydrogens is 414 g/mol. The quantitative estimate of drug-likeness (QED) is 0.494. The Bertz CT molecular complexity index is 1030. The predicted molar refractivity (Wildman–Crippen MR) is 133 cm³/mol. The molecule has 0 saturated carbocycles. The van der Waals surface area contributed by atoms with E-state index >= 15 is 0 Å². The van der Waals surface area contributed by atoms with Crippen LogP contribution in [0.3, 0.4) is 0 Å². The van der Waals surface area contributed by atoms with Gasteiger partial charge in [0.05, 0.1) is 12.8 Å². The third kappa shape index (κ3) is 6.27. The van der Waals surface area contributed by atoms with Gasteiger partial charge in [-0.15, -0.1) is 0 Å². The van der Waals surface area contributed by atoms with Crippen LogP contribution in [0.2, 0.25) is 0 Å². The molecule has 7 nitrogen and oxygen atoms in total. The number of anilines is 2. The molecule has 4 rings (SSSR count). The lowest BCUT2D eigenvalue weighted by molar-refractivity contribution is 0.147. The minimum atomic E-state index is 0.650. The van der Waals surface area contributed by atoms with Gasteiger partial charge in [-0.3, -0.25) is 4.90 Å². The van der Waals surface area contributed by atoms with E-state index in [1.54, 1.807) is 7.11 Å². The van der Waals surface area contributed by atoms with Crippen molar-refractivity contribution in [2.24, 2.45) is 0 Å². The number of benzene rings is 2. The van der Waals surface area contributed by atoms with Gasteiger partial charge in [0.15, 0.2) is 0 Å². The number of nitrogens with zero attached hydrogens (tertiary/aromatic N) is 5. The molecule has 0 amide bonds. The van der Waals surface area contributed by atoms with Crippen molar-refractivity contribution >= 4 is 11.7 Å². The van der Waals surface area contributed by atoms with Gasteiger partial charge >= 0.3 is 0 Å². The summed E-state index contributed by atoms with van der Waals surface area (Å²) in [5, 5.41) is 0. The first kappa shape index (κ1) is 23.1. The largest absolute Gasteiger partial charge is 0.497 e. The number of piperazine rings is 1. The molecule has 176 valence electrons. The fraction of sp³-hybridized carbons (Fsp3) is 0.423. The number of hydrogen-bond acceptors (Lipinski definition) is 7. The summed E-state index contributed by atoms with van der Waals surface area (Å²) in [7, 11) is 7.99. The second kappa shape index (κ2) is 10.7. The molecule has 3 aromatic rings. The van der Waals surface area contributed by atoms with E-state index in [4.69, 9.17) is 14.1 Å². The van der Waals surface area contributed by atoms with Gasteiger partial charge in [-0.2, -0.15) is 4.98 Å². The summed E-state index contributed by atoms with van der Waals surface area (Å²) in [5.41, 5.74) is 4.52. The van der Waals surface area contributed by atoms with Gasteiger partial charge < -0.3 is 23.9 Å². The number of ether oxygens (including phenoxy) is 1. The summed E-state index contributed by atoms with van der Waals surface area (Å²) in [4.78, 5) is 14.0. The third-order valence-corrected chi connectivity index (χ3v) is 6.10. The zero-order chi connectivity index (χ0) is 23.2. The Kier molecular flexibility index (Phi) is 7.52. The normalized spacial score (nSPS) is 14.9. The summed E-state index contributed by atoms with van der Waals surface area (Å²) in [6, 6.07) is 17.4. The molecule has 1 saturated heterocycles. The van der Waals surface area contributed by atoms with Crippen LogP contribution in [0.5, 0.6) is 5.75 Å². The standard InChI is InChI=1S/C26H35N5O2/c1-28(2)24-9-5-7-21(15-24)17-31(18-22-8-6-10-25(16-22)32-4)26-27-23(20-33-26)19-30-13-11-29(3)12-14-30/h5-10,15-16,20H,11-14,17-19H2,1-4H3. The molecule has 0 spiro atoms. The van der Waals surface area contributed by atoms with Crippen molar-refractivity contribution in [3.8, 4) is 5.75 Å². The Morgan fingerprint density at radius 3 is 2.36 bits per heavy atom. The average molecular weight is 450 g/mol. The summed E-state index contributed by atoms with van der Waals surface area (Å²) < 4.78 is 11.4. The number of hydrogen-bond donors (Lipinski definition) is 0. The van der Waals surface area contributed by atoms with Crippen LogP contribution in [0.15, 0.2) is 59.2 Å². The molecule has 0 aliphatic carbocycles. The maximum absolute atomic E-state index is 6.00. The first-order chi connectivity index (χ1) is 16.0. The maximum Gasteiger partial charge on any atom is 0.298 e. The van der Waals surface area contributed by atoms with Gasteiger partial charge in [0.2, 0.25) is 0 Å². The molecule has 2 aromatic carbocycles. The topological polar surface area (TPSA) is 48.2 Å².